The molecule has 1 saturated heterocycles. The van der Waals surface area contributed by atoms with Crippen molar-refractivity contribution < 1.29 is 22.4 Å². The van der Waals surface area contributed by atoms with E-state index in [9.17, 15) is 22.4 Å². The fraction of sp³-hybridized carbons (Fsp3) is 0.400. The average molecular weight is 357 g/mol. The number of hydrogen-bond donors (Lipinski definition) is 1. The maximum atomic E-state index is 13.9. The minimum Gasteiger partial charge on any atom is -0.336 e. The number of amides is 1. The zero-order valence-corrected chi connectivity index (χ0v) is 13.2. The molecule has 1 aromatic carbocycles. The lowest BCUT2D eigenvalue weighted by atomic mass is 10.2. The molecular weight excluding hydrogens is 342 g/mol. The van der Waals surface area contributed by atoms with Gasteiger partial charge in [0.1, 0.15) is 11.5 Å². The summed E-state index contributed by atoms with van der Waals surface area (Å²) in [4.78, 5) is 13.7. The number of carbonyl (C=O) groups excluding carboxylic acids is 1. The highest BCUT2D eigenvalue weighted by atomic mass is 19.4. The predicted octanol–water partition coefficient (Wildman–Crippen LogP) is 1.86. The summed E-state index contributed by atoms with van der Waals surface area (Å²) in [7, 11) is 1.42. The van der Waals surface area contributed by atoms with Crippen molar-refractivity contribution in [3.63, 3.8) is 0 Å². The van der Waals surface area contributed by atoms with Gasteiger partial charge in [0.05, 0.1) is 0 Å². The molecule has 0 aliphatic carbocycles. The predicted molar refractivity (Wildman–Crippen MR) is 79.7 cm³/mol. The number of carbonyl (C=O) groups is 1. The van der Waals surface area contributed by atoms with E-state index in [1.165, 1.54) is 24.1 Å². The van der Waals surface area contributed by atoms with E-state index in [0.717, 1.165) is 12.1 Å². The minimum absolute atomic E-state index is 0.229. The summed E-state index contributed by atoms with van der Waals surface area (Å²) in [5, 5.41) is 9.83. The van der Waals surface area contributed by atoms with Crippen LogP contribution in [0.25, 0.3) is 5.69 Å². The van der Waals surface area contributed by atoms with Gasteiger partial charge in [-0.15, -0.1) is 5.10 Å². The summed E-state index contributed by atoms with van der Waals surface area (Å²) in [5.41, 5.74) is -2.66. The van der Waals surface area contributed by atoms with Crippen molar-refractivity contribution in [1.82, 2.24) is 25.2 Å². The van der Waals surface area contributed by atoms with E-state index >= 15 is 0 Å². The average Bonchev–Trinajstić information content (AvgIpc) is 3.23. The van der Waals surface area contributed by atoms with E-state index in [1.54, 1.807) is 0 Å². The molecule has 3 rings (SSSR count). The van der Waals surface area contributed by atoms with Gasteiger partial charge in [-0.25, -0.2) is 9.07 Å². The highest BCUT2D eigenvalue weighted by Crippen LogP contribution is 2.33. The van der Waals surface area contributed by atoms with Gasteiger partial charge in [0.25, 0.3) is 5.91 Å². The normalized spacial score (nSPS) is 17.7. The molecule has 1 amide bonds. The number of likely N-dealkylation sites (N-methyl/N-ethyl adjacent to an activating group) is 1. The molecule has 1 atom stereocenters. The van der Waals surface area contributed by atoms with Gasteiger partial charge in [-0.05, 0) is 25.1 Å². The number of nitrogens with zero attached hydrogens (tertiary/aromatic N) is 4. The van der Waals surface area contributed by atoms with Crippen LogP contribution in [-0.2, 0) is 6.18 Å². The fourth-order valence-electron chi connectivity index (χ4n) is 2.78. The first-order valence-corrected chi connectivity index (χ1v) is 7.56. The van der Waals surface area contributed by atoms with E-state index in [0.29, 0.717) is 24.2 Å². The van der Waals surface area contributed by atoms with Gasteiger partial charge in [0.15, 0.2) is 11.4 Å². The van der Waals surface area contributed by atoms with Crippen LogP contribution in [0.3, 0.4) is 0 Å². The third-order valence-electron chi connectivity index (χ3n) is 4.12. The first-order chi connectivity index (χ1) is 11.8. The van der Waals surface area contributed by atoms with Crippen LogP contribution < -0.4 is 5.32 Å². The molecule has 10 heteroatoms. The van der Waals surface area contributed by atoms with Crippen LogP contribution in [0.15, 0.2) is 24.3 Å². The SMILES string of the molecule is CN(C(=O)c1nnn(-c2ccccc2F)c1C(F)(F)F)[C@@H]1CCNC1. The van der Waals surface area contributed by atoms with Gasteiger partial charge in [0.2, 0.25) is 0 Å². The Kier molecular flexibility index (Phi) is 4.46. The van der Waals surface area contributed by atoms with Gasteiger partial charge < -0.3 is 10.2 Å². The lowest BCUT2D eigenvalue weighted by molar-refractivity contribution is -0.143. The van der Waals surface area contributed by atoms with Crippen LogP contribution in [0.4, 0.5) is 17.6 Å². The van der Waals surface area contributed by atoms with Crippen LogP contribution in [-0.4, -0.2) is 52.0 Å². The van der Waals surface area contributed by atoms with Crippen molar-refractivity contribution in [3.05, 3.63) is 41.5 Å². The standard InChI is InChI=1S/C15H15F4N5O/c1-23(9-6-7-20-8-9)14(25)12-13(15(17,18)19)24(22-21-12)11-5-3-2-4-10(11)16/h2-5,9,20H,6-8H2,1H3/t9-/m1/s1. The Balaban J connectivity index is 2.06. The number of halogens is 4. The number of aromatic nitrogens is 3. The molecule has 1 aliphatic rings. The summed E-state index contributed by atoms with van der Waals surface area (Å²) in [6.45, 7) is 1.17. The lowest BCUT2D eigenvalue weighted by Crippen LogP contribution is -2.39. The molecule has 2 aromatic rings. The van der Waals surface area contributed by atoms with E-state index in [4.69, 9.17) is 0 Å². The first-order valence-electron chi connectivity index (χ1n) is 7.56. The van der Waals surface area contributed by atoms with E-state index < -0.39 is 35.0 Å². The second-order valence-corrected chi connectivity index (χ2v) is 5.71. The second kappa shape index (κ2) is 6.43. The van der Waals surface area contributed by atoms with Crippen molar-refractivity contribution in [2.75, 3.05) is 20.1 Å². The topological polar surface area (TPSA) is 63.1 Å². The molecule has 1 aliphatic heterocycles. The Labute approximate surface area is 140 Å². The molecule has 2 heterocycles. The zero-order chi connectivity index (χ0) is 18.2. The summed E-state index contributed by atoms with van der Waals surface area (Å²) in [6, 6.07) is 4.63. The summed E-state index contributed by atoms with van der Waals surface area (Å²) >= 11 is 0. The van der Waals surface area contributed by atoms with Gasteiger partial charge in [0, 0.05) is 19.6 Å². The maximum Gasteiger partial charge on any atom is 0.435 e. The number of rotatable bonds is 3. The minimum atomic E-state index is -4.93. The number of para-hydroxylation sites is 1. The Morgan fingerprint density at radius 1 is 1.36 bits per heavy atom. The highest BCUT2D eigenvalue weighted by Gasteiger charge is 2.43. The first kappa shape index (κ1) is 17.3. The molecule has 6 nitrogen and oxygen atoms in total. The van der Waals surface area contributed by atoms with Gasteiger partial charge in [-0.3, -0.25) is 4.79 Å². The van der Waals surface area contributed by atoms with Gasteiger partial charge in [-0.1, -0.05) is 17.3 Å². The Morgan fingerprint density at radius 2 is 2.08 bits per heavy atom. The lowest BCUT2D eigenvalue weighted by Gasteiger charge is -2.23. The molecule has 0 bridgehead atoms. The van der Waals surface area contributed by atoms with Crippen molar-refractivity contribution in [2.45, 2.75) is 18.6 Å². The van der Waals surface area contributed by atoms with Gasteiger partial charge >= 0.3 is 6.18 Å². The Morgan fingerprint density at radius 3 is 2.68 bits per heavy atom. The Hall–Kier alpha value is -2.49. The monoisotopic (exact) mass is 357 g/mol. The highest BCUT2D eigenvalue weighted by molar-refractivity contribution is 5.93. The van der Waals surface area contributed by atoms with Crippen LogP contribution in [0, 0.1) is 5.82 Å². The smallest absolute Gasteiger partial charge is 0.336 e. The molecule has 1 fully saturated rings. The van der Waals surface area contributed by atoms with Crippen molar-refractivity contribution in [2.24, 2.45) is 0 Å². The largest absolute Gasteiger partial charge is 0.435 e. The second-order valence-electron chi connectivity index (χ2n) is 5.71. The maximum absolute atomic E-state index is 13.9. The molecule has 1 aromatic heterocycles. The zero-order valence-electron chi connectivity index (χ0n) is 13.2. The third kappa shape index (κ3) is 3.21. The summed E-state index contributed by atoms with van der Waals surface area (Å²) in [6.07, 6.45) is -4.30. The molecule has 0 saturated carbocycles. The van der Waals surface area contributed by atoms with Crippen LogP contribution in [0.5, 0.6) is 0 Å². The molecule has 25 heavy (non-hydrogen) atoms. The van der Waals surface area contributed by atoms with Crippen molar-refractivity contribution in [3.8, 4) is 5.69 Å². The number of nitrogens with one attached hydrogen (secondary N) is 1. The van der Waals surface area contributed by atoms with Crippen molar-refractivity contribution >= 4 is 5.91 Å². The number of alkyl halides is 3. The van der Waals surface area contributed by atoms with Crippen LogP contribution in [0.2, 0.25) is 0 Å². The molecule has 0 spiro atoms. The quantitative estimate of drug-likeness (QED) is 0.852. The van der Waals surface area contributed by atoms with Crippen LogP contribution in [0.1, 0.15) is 22.6 Å². The number of benzene rings is 1. The molecule has 0 radical (unpaired) electrons. The van der Waals surface area contributed by atoms with Crippen molar-refractivity contribution in [1.29, 1.82) is 0 Å². The molecule has 0 unspecified atom stereocenters. The van der Waals surface area contributed by atoms with E-state index in [2.05, 4.69) is 15.6 Å². The molecule has 1 N–H and O–H groups in total. The summed E-state index contributed by atoms with van der Waals surface area (Å²) < 4.78 is 54.9. The summed E-state index contributed by atoms with van der Waals surface area (Å²) in [5.74, 6) is -1.80. The van der Waals surface area contributed by atoms with Crippen LogP contribution >= 0.6 is 0 Å². The van der Waals surface area contributed by atoms with E-state index in [-0.39, 0.29) is 6.04 Å². The number of hydrogen-bond acceptors (Lipinski definition) is 4. The van der Waals surface area contributed by atoms with E-state index in [1.807, 2.05) is 0 Å². The molecule has 134 valence electrons. The molecular formula is C15H15F4N5O. The van der Waals surface area contributed by atoms with Gasteiger partial charge in [-0.2, -0.15) is 13.2 Å². The third-order valence-corrected chi connectivity index (χ3v) is 4.12. The Bertz CT molecular complexity index is 782. The fourth-order valence-corrected chi connectivity index (χ4v) is 2.78.